The van der Waals surface area contributed by atoms with Crippen molar-refractivity contribution in [2.45, 2.75) is 25.3 Å². The Morgan fingerprint density at radius 1 is 0.975 bits per heavy atom. The smallest absolute Gasteiger partial charge is 0.326 e. The summed E-state index contributed by atoms with van der Waals surface area (Å²) in [6.07, 6.45) is 5.27. The summed E-state index contributed by atoms with van der Waals surface area (Å²) in [4.78, 5) is 49.3. The van der Waals surface area contributed by atoms with E-state index in [0.717, 1.165) is 29.5 Å². The molecular formula is C30H24ClN5O4. The predicted octanol–water partition coefficient (Wildman–Crippen LogP) is 4.16. The fourth-order valence-electron chi connectivity index (χ4n) is 4.68. The topological polar surface area (TPSA) is 125 Å². The molecule has 3 heterocycles. The summed E-state index contributed by atoms with van der Waals surface area (Å²) < 4.78 is 0. The van der Waals surface area contributed by atoms with Crippen molar-refractivity contribution in [3.63, 3.8) is 0 Å². The lowest BCUT2D eigenvalue weighted by molar-refractivity contribution is -0.143. The zero-order valence-corrected chi connectivity index (χ0v) is 22.0. The second-order valence-electron chi connectivity index (χ2n) is 9.25. The number of amides is 2. The van der Waals surface area contributed by atoms with Crippen molar-refractivity contribution < 1.29 is 19.5 Å². The number of likely N-dealkylation sites (tertiary alicyclic amines) is 1. The van der Waals surface area contributed by atoms with E-state index in [4.69, 9.17) is 11.8 Å². The molecule has 200 valence electrons. The highest BCUT2D eigenvalue weighted by Gasteiger charge is 2.32. The molecular weight excluding hydrogens is 530 g/mol. The average molecular weight is 554 g/mol. The molecule has 1 fully saturated rings. The maximum atomic E-state index is 12.9. The highest BCUT2D eigenvalue weighted by atomic mass is 35.5. The van der Waals surface area contributed by atoms with Gasteiger partial charge in [-0.2, -0.15) is 0 Å². The number of rotatable bonds is 5. The molecule has 2 aromatic heterocycles. The minimum atomic E-state index is -0.968. The number of carbonyl (C=O) groups is 3. The van der Waals surface area contributed by atoms with Crippen LogP contribution in [-0.4, -0.2) is 50.3 Å². The number of nitrogens with zero attached hydrogens (tertiary/aromatic N) is 3. The number of carboxylic acid groups (broad SMARTS) is 1. The SMILES string of the molecule is O=C(NNCl)c1cc(-c2ccc(C#Cc3ccc(C(=O)N4CCCCC4C(=O)O)cc3)cc2)nc2ccncc12. The number of nitrogens with one attached hydrogen (secondary N) is 2. The molecule has 1 atom stereocenters. The van der Waals surface area contributed by atoms with Crippen molar-refractivity contribution in [2.75, 3.05) is 6.54 Å². The first kappa shape index (κ1) is 26.8. The summed E-state index contributed by atoms with van der Waals surface area (Å²) in [7, 11) is 0. The number of halogens is 1. The molecule has 10 heteroatoms. The Hall–Kier alpha value is -4.78. The van der Waals surface area contributed by atoms with Crippen LogP contribution in [0.2, 0.25) is 0 Å². The number of carbonyl (C=O) groups excluding carboxylic acids is 2. The number of fused-ring (bicyclic) bond motifs is 1. The maximum Gasteiger partial charge on any atom is 0.326 e. The van der Waals surface area contributed by atoms with Gasteiger partial charge in [0.15, 0.2) is 0 Å². The standard InChI is InChI=1S/C30H24ClN5O4/c31-35-34-28(37)23-17-26(33-25-14-15-32-18-24(23)25)21-10-6-19(7-11-21)4-5-20-8-12-22(13-9-20)29(38)36-16-2-1-3-27(36)30(39)40/h6-15,17-18,27,35H,1-3,16H2,(H,34,37)(H,39,40). The summed E-state index contributed by atoms with van der Waals surface area (Å²) in [6.45, 7) is 0.443. The summed E-state index contributed by atoms with van der Waals surface area (Å²) in [5.74, 6) is 4.54. The third-order valence-corrected chi connectivity index (χ3v) is 6.82. The lowest BCUT2D eigenvalue weighted by Gasteiger charge is -2.33. The second-order valence-corrected chi connectivity index (χ2v) is 9.44. The third kappa shape index (κ3) is 5.78. The lowest BCUT2D eigenvalue weighted by atomic mass is 10.0. The largest absolute Gasteiger partial charge is 0.480 e. The molecule has 5 rings (SSSR count). The number of benzene rings is 2. The van der Waals surface area contributed by atoms with Gasteiger partial charge in [-0.1, -0.05) is 24.0 Å². The fraction of sp³-hybridized carbons (Fsp3) is 0.167. The quantitative estimate of drug-likeness (QED) is 0.192. The van der Waals surface area contributed by atoms with E-state index in [0.29, 0.717) is 40.7 Å². The van der Waals surface area contributed by atoms with E-state index >= 15 is 0 Å². The summed E-state index contributed by atoms with van der Waals surface area (Å²) in [5, 5.41) is 10.1. The molecule has 0 saturated carbocycles. The number of piperidine rings is 1. The van der Waals surface area contributed by atoms with Crippen molar-refractivity contribution in [3.8, 4) is 23.1 Å². The molecule has 1 saturated heterocycles. The number of pyridine rings is 2. The first-order valence-electron chi connectivity index (χ1n) is 12.6. The van der Waals surface area contributed by atoms with E-state index in [-0.39, 0.29) is 5.91 Å². The van der Waals surface area contributed by atoms with Crippen molar-refractivity contribution in [1.29, 1.82) is 0 Å². The van der Waals surface area contributed by atoms with Gasteiger partial charge in [0, 0.05) is 46.6 Å². The van der Waals surface area contributed by atoms with E-state index in [2.05, 4.69) is 32.2 Å². The van der Waals surface area contributed by atoms with E-state index in [1.165, 1.54) is 4.90 Å². The number of carboxylic acids is 1. The zero-order chi connectivity index (χ0) is 28.1. The van der Waals surface area contributed by atoms with Crippen LogP contribution in [0.4, 0.5) is 0 Å². The van der Waals surface area contributed by atoms with Crippen LogP contribution in [0.25, 0.3) is 22.2 Å². The third-order valence-electron chi connectivity index (χ3n) is 6.73. The van der Waals surface area contributed by atoms with Crippen LogP contribution in [0.5, 0.6) is 0 Å². The van der Waals surface area contributed by atoms with Gasteiger partial charge in [0.05, 0.1) is 16.8 Å². The van der Waals surface area contributed by atoms with Crippen molar-refractivity contribution in [3.05, 3.63) is 95.3 Å². The Bertz CT molecular complexity index is 1650. The van der Waals surface area contributed by atoms with Crippen molar-refractivity contribution >= 4 is 40.5 Å². The normalized spacial score (nSPS) is 14.7. The molecule has 1 unspecified atom stereocenters. The molecule has 4 aromatic rings. The molecule has 0 radical (unpaired) electrons. The highest BCUT2D eigenvalue weighted by molar-refractivity contribution is 6.15. The minimum absolute atomic E-state index is 0.277. The fourth-order valence-corrected chi connectivity index (χ4v) is 4.76. The van der Waals surface area contributed by atoms with Gasteiger partial charge in [-0.25, -0.2) is 9.78 Å². The molecule has 9 nitrogen and oxygen atoms in total. The molecule has 2 amide bonds. The van der Waals surface area contributed by atoms with Gasteiger partial charge in [-0.3, -0.25) is 20.0 Å². The van der Waals surface area contributed by atoms with Gasteiger partial charge >= 0.3 is 5.97 Å². The van der Waals surface area contributed by atoms with Gasteiger partial charge in [-0.05, 0) is 79.6 Å². The zero-order valence-electron chi connectivity index (χ0n) is 21.2. The number of hydrogen-bond acceptors (Lipinski definition) is 6. The van der Waals surface area contributed by atoms with Crippen LogP contribution >= 0.6 is 11.8 Å². The predicted molar refractivity (Wildman–Crippen MR) is 150 cm³/mol. The molecule has 2 aromatic carbocycles. The van der Waals surface area contributed by atoms with Crippen LogP contribution in [0.3, 0.4) is 0 Å². The summed E-state index contributed by atoms with van der Waals surface area (Å²) in [6, 6.07) is 17.0. The van der Waals surface area contributed by atoms with Gasteiger partial charge in [-0.15, -0.1) is 4.94 Å². The van der Waals surface area contributed by atoms with Crippen LogP contribution in [0.15, 0.2) is 73.1 Å². The van der Waals surface area contributed by atoms with Crippen LogP contribution < -0.4 is 10.4 Å². The Balaban J connectivity index is 1.33. The molecule has 0 bridgehead atoms. The van der Waals surface area contributed by atoms with E-state index in [9.17, 15) is 19.5 Å². The van der Waals surface area contributed by atoms with Gasteiger partial charge in [0.25, 0.3) is 11.8 Å². The molecule has 40 heavy (non-hydrogen) atoms. The molecule has 0 aliphatic carbocycles. The number of aromatic nitrogens is 2. The molecule has 1 aliphatic heterocycles. The van der Waals surface area contributed by atoms with E-state index in [1.54, 1.807) is 48.8 Å². The average Bonchev–Trinajstić information content (AvgIpc) is 2.99. The Kier molecular flexibility index (Phi) is 8.01. The lowest BCUT2D eigenvalue weighted by Crippen LogP contribution is -2.47. The van der Waals surface area contributed by atoms with Crippen LogP contribution in [0.1, 0.15) is 51.1 Å². The van der Waals surface area contributed by atoms with Crippen molar-refractivity contribution in [1.82, 2.24) is 25.2 Å². The summed E-state index contributed by atoms with van der Waals surface area (Å²) in [5.41, 5.74) is 6.72. The highest BCUT2D eigenvalue weighted by Crippen LogP contribution is 2.25. The van der Waals surface area contributed by atoms with Crippen LogP contribution in [0, 0.1) is 11.8 Å². The first-order chi connectivity index (χ1) is 19.4. The Morgan fingerprint density at radius 3 is 2.35 bits per heavy atom. The van der Waals surface area contributed by atoms with Crippen molar-refractivity contribution in [2.24, 2.45) is 0 Å². The number of hydrogen-bond donors (Lipinski definition) is 3. The van der Waals surface area contributed by atoms with E-state index < -0.39 is 17.9 Å². The maximum absolute atomic E-state index is 12.9. The molecule has 0 spiro atoms. The van der Waals surface area contributed by atoms with Gasteiger partial charge < -0.3 is 10.0 Å². The minimum Gasteiger partial charge on any atom is -0.480 e. The molecule has 3 N–H and O–H groups in total. The van der Waals surface area contributed by atoms with Gasteiger partial charge in [0.1, 0.15) is 6.04 Å². The van der Waals surface area contributed by atoms with Crippen LogP contribution in [-0.2, 0) is 4.79 Å². The first-order valence-corrected chi connectivity index (χ1v) is 13.0. The Morgan fingerprint density at radius 2 is 1.68 bits per heavy atom. The molecule has 1 aliphatic rings. The Labute approximate surface area is 235 Å². The van der Waals surface area contributed by atoms with Gasteiger partial charge in [0.2, 0.25) is 0 Å². The van der Waals surface area contributed by atoms with E-state index in [1.807, 2.05) is 24.3 Å². The number of hydrazine groups is 1. The number of aliphatic carboxylic acids is 1. The monoisotopic (exact) mass is 553 g/mol. The second kappa shape index (κ2) is 11.9. The summed E-state index contributed by atoms with van der Waals surface area (Å²) >= 11 is 5.45.